The van der Waals surface area contributed by atoms with Gasteiger partial charge >= 0.3 is 0 Å². The first-order valence-corrected chi connectivity index (χ1v) is 13.0. The van der Waals surface area contributed by atoms with Crippen molar-refractivity contribution >= 4 is 38.7 Å². The van der Waals surface area contributed by atoms with Crippen molar-refractivity contribution in [1.29, 1.82) is 0 Å². The van der Waals surface area contributed by atoms with E-state index >= 15 is 0 Å². The number of rotatable bonds is 9. The molecule has 8 nitrogen and oxygen atoms in total. The summed E-state index contributed by atoms with van der Waals surface area (Å²) in [5.74, 6) is -0.772. The minimum atomic E-state index is -3.81. The predicted molar refractivity (Wildman–Crippen MR) is 134 cm³/mol. The van der Waals surface area contributed by atoms with Gasteiger partial charge in [0.15, 0.2) is 5.69 Å². The van der Waals surface area contributed by atoms with E-state index in [0.29, 0.717) is 22.0 Å². The van der Waals surface area contributed by atoms with E-state index in [1.165, 1.54) is 31.5 Å². The fourth-order valence-corrected chi connectivity index (χ4v) is 4.34. The number of halogens is 2. The van der Waals surface area contributed by atoms with Crippen molar-refractivity contribution < 1.29 is 22.0 Å². The predicted octanol–water partition coefficient (Wildman–Crippen LogP) is 5.11. The highest BCUT2D eigenvalue weighted by molar-refractivity contribution is 7.91. The van der Waals surface area contributed by atoms with Crippen LogP contribution in [0.15, 0.2) is 82.7 Å². The Morgan fingerprint density at radius 2 is 1.92 bits per heavy atom. The van der Waals surface area contributed by atoms with Crippen LogP contribution in [0, 0.1) is 5.82 Å². The summed E-state index contributed by atoms with van der Waals surface area (Å²) < 4.78 is 44.4. The maximum Gasteiger partial charge on any atom is 0.276 e. The number of anilines is 2. The van der Waals surface area contributed by atoms with E-state index < -0.39 is 26.7 Å². The molecule has 1 N–H and O–H groups in total. The van der Waals surface area contributed by atoms with Crippen molar-refractivity contribution in [2.75, 3.05) is 16.0 Å². The first kappa shape index (κ1) is 25.3. The van der Waals surface area contributed by atoms with Crippen molar-refractivity contribution in [3.63, 3.8) is 0 Å². The molecule has 2 aromatic carbocycles. The van der Waals surface area contributed by atoms with Gasteiger partial charge < -0.3 is 14.6 Å². The molecule has 0 atom stereocenters. The fraction of sp³-hybridized carbons (Fsp3) is 0.160. The molecular formula is C25H22ClFN4O4S. The lowest BCUT2D eigenvalue weighted by molar-refractivity contribution is 0.102. The number of nitrogens with one attached hydrogen (secondary N) is 1. The SMILES string of the molecule is CCS(=O)(=O)c1ncc(N(Cc2cccc(F)c2)Cc2ccco2)c(C(=O)Nc2ccccc2Cl)n1. The number of para-hydroxylation sites is 1. The highest BCUT2D eigenvalue weighted by Gasteiger charge is 2.25. The normalized spacial score (nSPS) is 11.3. The molecule has 0 aliphatic heterocycles. The largest absolute Gasteiger partial charge is 0.467 e. The molecule has 0 radical (unpaired) electrons. The molecule has 0 unspecified atom stereocenters. The van der Waals surface area contributed by atoms with Crippen LogP contribution in [0.25, 0.3) is 0 Å². The summed E-state index contributed by atoms with van der Waals surface area (Å²) in [6, 6.07) is 16.1. The molecule has 4 aromatic rings. The number of aromatic nitrogens is 2. The highest BCUT2D eigenvalue weighted by Crippen LogP contribution is 2.27. The smallest absolute Gasteiger partial charge is 0.276 e. The molecule has 1 amide bonds. The van der Waals surface area contributed by atoms with Gasteiger partial charge in [-0.15, -0.1) is 0 Å². The van der Waals surface area contributed by atoms with Crippen LogP contribution in [-0.2, 0) is 22.9 Å². The van der Waals surface area contributed by atoms with Crippen LogP contribution in [0.2, 0.25) is 5.02 Å². The summed E-state index contributed by atoms with van der Waals surface area (Å²) in [6.45, 7) is 1.80. The van der Waals surface area contributed by atoms with E-state index in [-0.39, 0.29) is 30.2 Å². The molecule has 0 aliphatic rings. The molecule has 2 aromatic heterocycles. The summed E-state index contributed by atoms with van der Waals surface area (Å²) in [4.78, 5) is 23.3. The molecule has 0 aliphatic carbocycles. The number of carbonyl (C=O) groups is 1. The Bertz CT molecular complexity index is 1480. The van der Waals surface area contributed by atoms with Crippen LogP contribution in [0.4, 0.5) is 15.8 Å². The average molecular weight is 529 g/mol. The molecule has 0 fully saturated rings. The van der Waals surface area contributed by atoms with Gasteiger partial charge in [-0.3, -0.25) is 4.79 Å². The maximum atomic E-state index is 13.9. The molecule has 2 heterocycles. The number of amides is 1. The van der Waals surface area contributed by atoms with Crippen LogP contribution in [0.3, 0.4) is 0 Å². The minimum Gasteiger partial charge on any atom is -0.467 e. The number of carbonyl (C=O) groups excluding carboxylic acids is 1. The van der Waals surface area contributed by atoms with Gasteiger partial charge in [-0.05, 0) is 42.0 Å². The standard InChI is InChI=1S/C25H22ClFN4O4S/c1-2-36(33,34)25-28-14-22(23(30-25)24(32)29-21-11-4-3-10-20(21)26)31(16-19-9-6-12-35-19)15-17-7-5-8-18(27)13-17/h3-14H,2,15-16H2,1H3,(H,29,32). The number of hydrogen-bond acceptors (Lipinski definition) is 7. The first-order chi connectivity index (χ1) is 17.3. The second kappa shape index (κ2) is 10.9. The van der Waals surface area contributed by atoms with Crippen LogP contribution >= 0.6 is 11.6 Å². The van der Waals surface area contributed by atoms with Crippen molar-refractivity contribution in [1.82, 2.24) is 9.97 Å². The number of sulfone groups is 1. The Hall–Kier alpha value is -3.76. The van der Waals surface area contributed by atoms with Gasteiger partial charge in [0.25, 0.3) is 5.91 Å². The third-order valence-electron chi connectivity index (χ3n) is 5.27. The van der Waals surface area contributed by atoms with Crippen molar-refractivity contribution in [2.45, 2.75) is 25.2 Å². The highest BCUT2D eigenvalue weighted by atomic mass is 35.5. The van der Waals surface area contributed by atoms with E-state index in [0.717, 1.165) is 0 Å². The van der Waals surface area contributed by atoms with Crippen LogP contribution in [0.5, 0.6) is 0 Å². The quantitative estimate of drug-likeness (QED) is 0.301. The first-order valence-electron chi connectivity index (χ1n) is 10.9. The third-order valence-corrected chi connectivity index (χ3v) is 7.12. The Morgan fingerprint density at radius 1 is 1.11 bits per heavy atom. The van der Waals surface area contributed by atoms with E-state index in [1.54, 1.807) is 53.4 Å². The molecular weight excluding hydrogens is 507 g/mol. The number of nitrogens with zero attached hydrogens (tertiary/aromatic N) is 3. The molecule has 0 saturated carbocycles. The van der Waals surface area contributed by atoms with Gasteiger partial charge in [0, 0.05) is 6.54 Å². The number of hydrogen-bond donors (Lipinski definition) is 1. The topological polar surface area (TPSA) is 105 Å². The van der Waals surface area contributed by atoms with E-state index in [1.807, 2.05) is 0 Å². The van der Waals surface area contributed by atoms with E-state index in [4.69, 9.17) is 16.0 Å². The lowest BCUT2D eigenvalue weighted by Crippen LogP contribution is -2.27. The second-order valence-electron chi connectivity index (χ2n) is 7.79. The monoisotopic (exact) mass is 528 g/mol. The Kier molecular flexibility index (Phi) is 7.66. The molecule has 36 heavy (non-hydrogen) atoms. The van der Waals surface area contributed by atoms with Gasteiger partial charge in [-0.25, -0.2) is 22.8 Å². The van der Waals surface area contributed by atoms with Crippen molar-refractivity contribution in [2.24, 2.45) is 0 Å². The third kappa shape index (κ3) is 5.89. The minimum absolute atomic E-state index is 0.161. The summed E-state index contributed by atoms with van der Waals surface area (Å²) in [7, 11) is -3.81. The lowest BCUT2D eigenvalue weighted by Gasteiger charge is -2.25. The lowest BCUT2D eigenvalue weighted by atomic mass is 10.1. The Morgan fingerprint density at radius 3 is 2.61 bits per heavy atom. The van der Waals surface area contributed by atoms with Gasteiger partial charge in [0.05, 0.1) is 41.2 Å². The van der Waals surface area contributed by atoms with E-state index in [2.05, 4.69) is 15.3 Å². The van der Waals surface area contributed by atoms with Gasteiger partial charge in [0.1, 0.15) is 11.6 Å². The number of benzene rings is 2. The molecule has 0 bridgehead atoms. The van der Waals surface area contributed by atoms with Crippen LogP contribution < -0.4 is 10.2 Å². The summed E-state index contributed by atoms with van der Waals surface area (Å²) in [5.41, 5.74) is 0.996. The molecule has 0 spiro atoms. The molecule has 4 rings (SSSR count). The summed E-state index contributed by atoms with van der Waals surface area (Å²) >= 11 is 6.20. The Labute approximate surface area is 212 Å². The zero-order valence-electron chi connectivity index (χ0n) is 19.2. The van der Waals surface area contributed by atoms with Crippen molar-refractivity contribution in [3.8, 4) is 0 Å². The summed E-state index contributed by atoms with van der Waals surface area (Å²) in [6.07, 6.45) is 2.79. The number of furan rings is 1. The zero-order chi connectivity index (χ0) is 25.7. The molecule has 0 saturated heterocycles. The average Bonchev–Trinajstić information content (AvgIpc) is 3.38. The second-order valence-corrected chi connectivity index (χ2v) is 10.4. The molecule has 186 valence electrons. The van der Waals surface area contributed by atoms with E-state index in [9.17, 15) is 17.6 Å². The van der Waals surface area contributed by atoms with Gasteiger partial charge in [0.2, 0.25) is 15.0 Å². The van der Waals surface area contributed by atoms with Crippen molar-refractivity contribution in [3.05, 3.63) is 101 Å². The summed E-state index contributed by atoms with van der Waals surface area (Å²) in [5, 5.41) is 2.51. The zero-order valence-corrected chi connectivity index (χ0v) is 20.8. The Balaban J connectivity index is 1.81. The fourth-order valence-electron chi connectivity index (χ4n) is 3.45. The molecule has 11 heteroatoms. The van der Waals surface area contributed by atoms with Gasteiger partial charge in [-0.2, -0.15) is 0 Å². The van der Waals surface area contributed by atoms with Gasteiger partial charge in [-0.1, -0.05) is 42.8 Å². The maximum absolute atomic E-state index is 13.9. The van der Waals surface area contributed by atoms with Crippen LogP contribution in [0.1, 0.15) is 28.7 Å². The van der Waals surface area contributed by atoms with Crippen LogP contribution in [-0.4, -0.2) is 30.0 Å².